The van der Waals surface area contributed by atoms with Gasteiger partial charge in [-0.05, 0) is 92.9 Å². The van der Waals surface area contributed by atoms with E-state index in [1.807, 2.05) is 6.07 Å². The predicted molar refractivity (Wildman–Crippen MR) is 283 cm³/mol. The van der Waals surface area contributed by atoms with Crippen molar-refractivity contribution in [2.24, 2.45) is 0 Å². The Hall–Kier alpha value is -8.92. The number of furan rings is 1. The van der Waals surface area contributed by atoms with E-state index in [-0.39, 0.29) is 0 Å². The first-order valence-corrected chi connectivity index (χ1v) is 23.4. The minimum Gasteiger partial charge on any atom is -0.454 e. The molecular weight excluding hydrogens is 825 g/mol. The van der Waals surface area contributed by atoms with E-state index < -0.39 is 5.41 Å². The van der Waals surface area contributed by atoms with E-state index in [1.54, 1.807) is 0 Å². The number of benzene rings is 11. The van der Waals surface area contributed by atoms with Crippen molar-refractivity contribution in [2.45, 2.75) is 5.41 Å². The van der Waals surface area contributed by atoms with E-state index >= 15 is 0 Å². The normalized spacial score (nSPS) is 12.8. The first kappa shape index (κ1) is 38.4. The SMILES string of the molecule is c1ccc(-n2c3cc(-c4ccc(N(c5cccc6c5-c5ccccc5C6(c5ccccc5)c5ccccc5)c5cccc6c5oc5ccccc56)cc4)ccc3c3ccc4ccccc4c32)cc1. The minimum absolute atomic E-state index is 0.543. The van der Waals surface area contributed by atoms with Crippen molar-refractivity contribution in [3.8, 4) is 27.9 Å². The Labute approximate surface area is 394 Å². The molecule has 2 heterocycles. The van der Waals surface area contributed by atoms with Crippen molar-refractivity contribution >= 4 is 71.6 Å². The molecule has 68 heavy (non-hydrogen) atoms. The van der Waals surface area contributed by atoms with Crippen LogP contribution in [0.2, 0.25) is 0 Å². The van der Waals surface area contributed by atoms with Crippen molar-refractivity contribution in [3.63, 3.8) is 0 Å². The Morgan fingerprint density at radius 2 is 1.00 bits per heavy atom. The summed E-state index contributed by atoms with van der Waals surface area (Å²) < 4.78 is 9.31. The highest BCUT2D eigenvalue weighted by Crippen LogP contribution is 2.60. The molecule has 0 N–H and O–H groups in total. The van der Waals surface area contributed by atoms with Crippen LogP contribution < -0.4 is 4.90 Å². The highest BCUT2D eigenvalue weighted by atomic mass is 16.3. The number of hydrogen-bond donors (Lipinski definition) is 0. The Morgan fingerprint density at radius 1 is 0.397 bits per heavy atom. The zero-order valence-electron chi connectivity index (χ0n) is 37.1. The molecule has 0 saturated carbocycles. The fraction of sp³-hybridized carbons (Fsp3) is 0.0154. The van der Waals surface area contributed by atoms with E-state index in [1.165, 1.54) is 66.0 Å². The standard InChI is InChI=1S/C65H42N2O/c1-4-19-46(20-5-1)65(47-21-6-2-7-22-47)56-29-14-12-27-55(56)62-57(65)30-17-31-58(62)66(59-32-16-28-54-52-26-13-15-33-61(52)68-64(54)59)49-38-34-43(35-39-49)45-37-40-51-53-41-36-44-18-10-11-25-50(44)63(53)67(60(51)42-45)48-23-8-3-9-24-48/h1-42H. The van der Waals surface area contributed by atoms with Gasteiger partial charge in [0.05, 0.1) is 27.8 Å². The molecule has 318 valence electrons. The summed E-state index contributed by atoms with van der Waals surface area (Å²) in [6, 6.07) is 92.9. The van der Waals surface area contributed by atoms with E-state index in [0.29, 0.717) is 0 Å². The Balaban J connectivity index is 0.994. The Kier molecular flexibility index (Phi) is 8.50. The lowest BCUT2D eigenvalue weighted by Gasteiger charge is -2.34. The Morgan fingerprint density at radius 3 is 1.79 bits per heavy atom. The van der Waals surface area contributed by atoms with Crippen molar-refractivity contribution in [1.82, 2.24) is 4.57 Å². The van der Waals surface area contributed by atoms with E-state index in [0.717, 1.165) is 55.8 Å². The summed E-state index contributed by atoms with van der Waals surface area (Å²) in [7, 11) is 0. The maximum absolute atomic E-state index is 6.87. The number of anilines is 3. The molecule has 2 aromatic heterocycles. The predicted octanol–water partition coefficient (Wildman–Crippen LogP) is 17.3. The monoisotopic (exact) mass is 866 g/mol. The van der Waals surface area contributed by atoms with Gasteiger partial charge in [0.2, 0.25) is 0 Å². The van der Waals surface area contributed by atoms with Crippen molar-refractivity contribution in [3.05, 3.63) is 277 Å². The topological polar surface area (TPSA) is 21.3 Å². The summed E-state index contributed by atoms with van der Waals surface area (Å²) in [5.41, 5.74) is 17.6. The first-order chi connectivity index (χ1) is 33.8. The van der Waals surface area contributed by atoms with E-state index in [4.69, 9.17) is 4.42 Å². The third kappa shape index (κ3) is 5.54. The van der Waals surface area contributed by atoms with Gasteiger partial charge in [-0.1, -0.05) is 206 Å². The van der Waals surface area contributed by atoms with Crippen LogP contribution in [-0.2, 0) is 5.41 Å². The molecule has 0 aliphatic heterocycles. The van der Waals surface area contributed by atoms with Gasteiger partial charge in [-0.15, -0.1) is 0 Å². The molecule has 0 unspecified atom stereocenters. The van der Waals surface area contributed by atoms with Gasteiger partial charge in [-0.25, -0.2) is 0 Å². The molecule has 3 heteroatoms. The molecule has 0 atom stereocenters. The van der Waals surface area contributed by atoms with Gasteiger partial charge in [-0.2, -0.15) is 0 Å². The molecule has 1 aliphatic carbocycles. The molecule has 0 saturated heterocycles. The second kappa shape index (κ2) is 15.1. The van der Waals surface area contributed by atoms with Gasteiger partial charge in [-0.3, -0.25) is 0 Å². The molecule has 0 bridgehead atoms. The van der Waals surface area contributed by atoms with Gasteiger partial charge in [0.1, 0.15) is 5.58 Å². The van der Waals surface area contributed by atoms with Crippen LogP contribution >= 0.6 is 0 Å². The van der Waals surface area contributed by atoms with Gasteiger partial charge >= 0.3 is 0 Å². The van der Waals surface area contributed by atoms with Crippen LogP contribution in [0, 0.1) is 0 Å². The average Bonchev–Trinajstić information content (AvgIpc) is 4.07. The largest absolute Gasteiger partial charge is 0.454 e. The highest BCUT2D eigenvalue weighted by Gasteiger charge is 2.47. The molecule has 0 radical (unpaired) electrons. The summed E-state index contributed by atoms with van der Waals surface area (Å²) >= 11 is 0. The van der Waals surface area contributed by atoms with E-state index in [9.17, 15) is 0 Å². The third-order valence-electron chi connectivity index (χ3n) is 14.5. The lowest BCUT2D eigenvalue weighted by molar-refractivity contribution is 0.669. The van der Waals surface area contributed by atoms with Gasteiger partial charge in [0, 0.05) is 43.9 Å². The average molecular weight is 867 g/mol. The first-order valence-electron chi connectivity index (χ1n) is 23.4. The Bertz CT molecular complexity index is 4030. The summed E-state index contributed by atoms with van der Waals surface area (Å²) in [5.74, 6) is 0. The minimum atomic E-state index is -0.543. The summed E-state index contributed by atoms with van der Waals surface area (Å²) in [5, 5.41) is 7.16. The maximum Gasteiger partial charge on any atom is 0.159 e. The molecule has 14 rings (SSSR count). The molecule has 0 fully saturated rings. The van der Waals surface area contributed by atoms with Gasteiger partial charge in [0.25, 0.3) is 0 Å². The summed E-state index contributed by atoms with van der Waals surface area (Å²) in [6.07, 6.45) is 0. The smallest absolute Gasteiger partial charge is 0.159 e. The van der Waals surface area contributed by atoms with Crippen LogP contribution in [0.25, 0.3) is 82.5 Å². The van der Waals surface area contributed by atoms with Crippen molar-refractivity contribution in [1.29, 1.82) is 0 Å². The number of rotatable bonds is 7. The molecule has 1 aliphatic rings. The van der Waals surface area contributed by atoms with Crippen LogP contribution in [0.3, 0.4) is 0 Å². The fourth-order valence-corrected chi connectivity index (χ4v) is 11.6. The number of aromatic nitrogens is 1. The number of nitrogens with zero attached hydrogens (tertiary/aromatic N) is 2. The van der Waals surface area contributed by atoms with Crippen molar-refractivity contribution < 1.29 is 4.42 Å². The van der Waals surface area contributed by atoms with Crippen LogP contribution in [0.5, 0.6) is 0 Å². The maximum atomic E-state index is 6.87. The third-order valence-corrected chi connectivity index (χ3v) is 14.5. The van der Waals surface area contributed by atoms with Gasteiger partial charge < -0.3 is 13.9 Å². The number of para-hydroxylation sites is 3. The molecular formula is C65H42N2O. The number of hydrogen-bond acceptors (Lipinski definition) is 2. The second-order valence-corrected chi connectivity index (χ2v) is 17.9. The zero-order chi connectivity index (χ0) is 44.8. The molecule has 11 aromatic carbocycles. The lowest BCUT2D eigenvalue weighted by atomic mass is 9.68. The van der Waals surface area contributed by atoms with Gasteiger partial charge in [0.15, 0.2) is 5.58 Å². The molecule has 0 amide bonds. The van der Waals surface area contributed by atoms with Crippen LogP contribution in [0.4, 0.5) is 17.1 Å². The van der Waals surface area contributed by atoms with E-state index in [2.05, 4.69) is 258 Å². The zero-order valence-corrected chi connectivity index (χ0v) is 37.1. The second-order valence-electron chi connectivity index (χ2n) is 17.9. The van der Waals surface area contributed by atoms with Crippen LogP contribution in [0.1, 0.15) is 22.3 Å². The quantitative estimate of drug-likeness (QED) is 0.159. The molecule has 3 nitrogen and oxygen atoms in total. The lowest BCUT2D eigenvalue weighted by Crippen LogP contribution is -2.28. The highest BCUT2D eigenvalue weighted by molar-refractivity contribution is 6.19. The van der Waals surface area contributed by atoms with Crippen molar-refractivity contribution in [2.75, 3.05) is 4.90 Å². The summed E-state index contributed by atoms with van der Waals surface area (Å²) in [4.78, 5) is 2.43. The van der Waals surface area contributed by atoms with Crippen LogP contribution in [-0.4, -0.2) is 4.57 Å². The summed E-state index contributed by atoms with van der Waals surface area (Å²) in [6.45, 7) is 0. The number of fused-ring (bicyclic) bond motifs is 11. The fourth-order valence-electron chi connectivity index (χ4n) is 11.6. The molecule has 0 spiro atoms. The molecule has 13 aromatic rings. The van der Waals surface area contributed by atoms with Crippen LogP contribution in [0.15, 0.2) is 259 Å².